The summed E-state index contributed by atoms with van der Waals surface area (Å²) in [5, 5.41) is 39.4. The van der Waals surface area contributed by atoms with Crippen molar-refractivity contribution in [3.63, 3.8) is 0 Å². The molecule has 0 saturated carbocycles. The van der Waals surface area contributed by atoms with Gasteiger partial charge < -0.3 is 35.6 Å². The third kappa shape index (κ3) is 4.37. The first-order valence-electron chi connectivity index (χ1n) is 8.16. The molecule has 1 saturated heterocycles. The molecule has 26 heavy (non-hydrogen) atoms. The van der Waals surface area contributed by atoms with Crippen LogP contribution in [0.15, 0.2) is 29.2 Å². The summed E-state index contributed by atoms with van der Waals surface area (Å²) in [5.41, 5.74) is 6.94. The molecule has 9 heteroatoms. The molecule has 1 fully saturated rings. The van der Waals surface area contributed by atoms with E-state index in [2.05, 4.69) is 0 Å². The van der Waals surface area contributed by atoms with Gasteiger partial charge in [-0.3, -0.25) is 0 Å². The first kappa shape index (κ1) is 21.1. The highest BCUT2D eigenvalue weighted by Crippen LogP contribution is 2.44. The molecule has 6 atom stereocenters. The molecular formula is C17H25NO7S. The van der Waals surface area contributed by atoms with Gasteiger partial charge in [0.2, 0.25) is 4.93 Å². The third-order valence-corrected chi connectivity index (χ3v) is 5.61. The summed E-state index contributed by atoms with van der Waals surface area (Å²) in [5.74, 6) is -0.746. The highest BCUT2D eigenvalue weighted by atomic mass is 32.2. The maximum atomic E-state index is 12.5. The number of esters is 1. The van der Waals surface area contributed by atoms with Crippen LogP contribution in [0, 0.1) is 6.92 Å². The molecular weight excluding hydrogens is 362 g/mol. The fourth-order valence-electron chi connectivity index (χ4n) is 2.79. The Labute approximate surface area is 155 Å². The molecule has 6 N–H and O–H groups in total. The summed E-state index contributed by atoms with van der Waals surface area (Å²) in [6.45, 7) is 1.20. The summed E-state index contributed by atoms with van der Waals surface area (Å²) >= 11 is 1.03. The van der Waals surface area contributed by atoms with E-state index in [1.807, 2.05) is 19.1 Å². The minimum absolute atomic E-state index is 0.155. The Bertz CT molecular complexity index is 614. The number of aryl methyl sites for hydroxylation is 1. The van der Waals surface area contributed by atoms with Crippen LogP contribution in [0.2, 0.25) is 0 Å². The first-order valence-corrected chi connectivity index (χ1v) is 8.98. The molecule has 0 bridgehead atoms. The van der Waals surface area contributed by atoms with Crippen LogP contribution in [0.25, 0.3) is 0 Å². The maximum Gasteiger partial charge on any atom is 0.349 e. The van der Waals surface area contributed by atoms with Crippen LogP contribution in [-0.4, -0.2) is 75.5 Å². The Morgan fingerprint density at radius 1 is 1.42 bits per heavy atom. The molecule has 0 spiro atoms. The van der Waals surface area contributed by atoms with E-state index in [1.165, 1.54) is 7.11 Å². The average molecular weight is 387 g/mol. The van der Waals surface area contributed by atoms with Crippen molar-refractivity contribution in [1.29, 1.82) is 0 Å². The molecule has 1 aliphatic heterocycles. The molecule has 1 aliphatic rings. The van der Waals surface area contributed by atoms with Crippen molar-refractivity contribution in [3.8, 4) is 0 Å². The number of nitrogens with two attached hydrogens (primary N) is 1. The van der Waals surface area contributed by atoms with E-state index in [4.69, 9.17) is 20.3 Å². The predicted octanol–water partition coefficient (Wildman–Crippen LogP) is -0.852. The Morgan fingerprint density at radius 3 is 2.58 bits per heavy atom. The minimum atomic E-state index is -1.65. The van der Waals surface area contributed by atoms with Gasteiger partial charge in [-0.05, 0) is 19.1 Å². The van der Waals surface area contributed by atoms with Crippen molar-refractivity contribution in [3.05, 3.63) is 29.8 Å². The smallest absolute Gasteiger partial charge is 0.349 e. The van der Waals surface area contributed by atoms with Crippen molar-refractivity contribution < 1.29 is 34.7 Å². The van der Waals surface area contributed by atoms with Crippen LogP contribution in [0.3, 0.4) is 0 Å². The Kier molecular flexibility index (Phi) is 7.03. The van der Waals surface area contributed by atoms with E-state index in [1.54, 1.807) is 12.1 Å². The van der Waals surface area contributed by atoms with Gasteiger partial charge in [0.25, 0.3) is 0 Å². The average Bonchev–Trinajstić information content (AvgIpc) is 2.64. The molecule has 0 amide bonds. The zero-order valence-electron chi connectivity index (χ0n) is 14.6. The van der Waals surface area contributed by atoms with E-state index in [9.17, 15) is 20.1 Å². The van der Waals surface area contributed by atoms with Crippen molar-refractivity contribution in [2.24, 2.45) is 5.73 Å². The Balaban J connectivity index is 2.36. The highest BCUT2D eigenvalue weighted by Gasteiger charge is 2.54. The minimum Gasteiger partial charge on any atom is -0.466 e. The molecule has 0 aromatic heterocycles. The summed E-state index contributed by atoms with van der Waals surface area (Å²) in [4.78, 5) is 11.5. The molecule has 1 heterocycles. The SMILES string of the molecule is COC(=O)[C@@]1(Sc2ccc(C)cc2)C[C@H](O)[C@@H](N)[C@H]([C@H](O)[C@H](O)CO)O1. The van der Waals surface area contributed by atoms with Crippen LogP contribution < -0.4 is 5.73 Å². The van der Waals surface area contributed by atoms with Crippen LogP contribution in [0.4, 0.5) is 0 Å². The number of ether oxygens (including phenoxy) is 2. The highest BCUT2D eigenvalue weighted by molar-refractivity contribution is 8.01. The van der Waals surface area contributed by atoms with E-state index in [0.29, 0.717) is 4.90 Å². The predicted molar refractivity (Wildman–Crippen MR) is 94.4 cm³/mol. The number of carbonyl (C=O) groups excluding carboxylic acids is 1. The second-order valence-corrected chi connectivity index (χ2v) is 7.67. The molecule has 1 aromatic rings. The molecule has 0 radical (unpaired) electrons. The lowest BCUT2D eigenvalue weighted by Crippen LogP contribution is -2.64. The normalized spacial score (nSPS) is 31.3. The van der Waals surface area contributed by atoms with Crippen LogP contribution >= 0.6 is 11.8 Å². The number of thioether (sulfide) groups is 1. The summed E-state index contributed by atoms with van der Waals surface area (Å²) in [7, 11) is 1.19. The first-order chi connectivity index (χ1) is 12.2. The number of benzene rings is 1. The molecule has 146 valence electrons. The second-order valence-electron chi connectivity index (χ2n) is 6.33. The molecule has 0 unspecified atom stereocenters. The molecule has 1 aromatic carbocycles. The van der Waals surface area contributed by atoms with Crippen LogP contribution in [-0.2, 0) is 14.3 Å². The lowest BCUT2D eigenvalue weighted by atomic mass is 9.90. The van der Waals surface area contributed by atoms with E-state index in [0.717, 1.165) is 17.3 Å². The number of methoxy groups -OCH3 is 1. The van der Waals surface area contributed by atoms with Crippen molar-refractivity contribution in [1.82, 2.24) is 0 Å². The summed E-state index contributed by atoms with van der Waals surface area (Å²) in [6, 6.07) is 6.26. The topological polar surface area (TPSA) is 142 Å². The van der Waals surface area contributed by atoms with E-state index in [-0.39, 0.29) is 6.42 Å². The third-order valence-electron chi connectivity index (χ3n) is 4.35. The largest absolute Gasteiger partial charge is 0.466 e. The lowest BCUT2D eigenvalue weighted by Gasteiger charge is -2.45. The van der Waals surface area contributed by atoms with Crippen LogP contribution in [0.1, 0.15) is 12.0 Å². The van der Waals surface area contributed by atoms with Gasteiger partial charge >= 0.3 is 5.97 Å². The Morgan fingerprint density at radius 2 is 2.04 bits per heavy atom. The summed E-state index contributed by atoms with van der Waals surface area (Å²) in [6.07, 6.45) is -5.74. The van der Waals surface area contributed by atoms with Crippen molar-refractivity contribution >= 4 is 17.7 Å². The van der Waals surface area contributed by atoms with Gasteiger partial charge in [0.1, 0.15) is 18.3 Å². The maximum absolute atomic E-state index is 12.5. The van der Waals surface area contributed by atoms with Gasteiger partial charge in [-0.15, -0.1) is 0 Å². The van der Waals surface area contributed by atoms with Gasteiger partial charge in [-0.25, -0.2) is 4.79 Å². The Hall–Kier alpha value is -1.20. The summed E-state index contributed by atoms with van der Waals surface area (Å²) < 4.78 is 10.7. The van der Waals surface area contributed by atoms with Crippen molar-refractivity contribution in [2.45, 2.75) is 53.6 Å². The number of hydrogen-bond donors (Lipinski definition) is 5. The fraction of sp³-hybridized carbons (Fsp3) is 0.588. The van der Waals surface area contributed by atoms with Gasteiger partial charge in [0.05, 0.1) is 25.9 Å². The number of aliphatic hydroxyl groups excluding tert-OH is 4. The van der Waals surface area contributed by atoms with Crippen molar-refractivity contribution in [2.75, 3.05) is 13.7 Å². The number of aliphatic hydroxyl groups is 4. The quantitative estimate of drug-likeness (QED) is 0.394. The number of hydrogen-bond acceptors (Lipinski definition) is 9. The van der Waals surface area contributed by atoms with E-state index < -0.39 is 48.0 Å². The van der Waals surface area contributed by atoms with Gasteiger partial charge in [-0.2, -0.15) is 0 Å². The number of carbonyl (C=O) groups is 1. The van der Waals surface area contributed by atoms with Crippen LogP contribution in [0.5, 0.6) is 0 Å². The monoisotopic (exact) mass is 387 g/mol. The zero-order valence-corrected chi connectivity index (χ0v) is 15.4. The van der Waals surface area contributed by atoms with Gasteiger partial charge in [0, 0.05) is 11.3 Å². The fourth-order valence-corrected chi connectivity index (χ4v) is 4.03. The molecule has 2 rings (SSSR count). The second kappa shape index (κ2) is 8.66. The molecule has 0 aliphatic carbocycles. The van der Waals surface area contributed by atoms with Gasteiger partial charge in [-0.1, -0.05) is 29.5 Å². The zero-order chi connectivity index (χ0) is 19.5. The van der Waals surface area contributed by atoms with E-state index >= 15 is 0 Å². The molecule has 8 nitrogen and oxygen atoms in total. The lowest BCUT2D eigenvalue weighted by molar-refractivity contribution is -0.203. The standard InChI is InChI=1S/C17H25NO7S/c1-9-3-5-10(6-4-9)26-17(16(23)24-2)7-11(20)13(18)15(25-17)14(22)12(21)8-19/h3-6,11-15,19-22H,7-8,18H2,1-2H3/t11-,12+,13+,14+,15+,17-/m0/s1. The number of rotatable bonds is 6. The van der Waals surface area contributed by atoms with Gasteiger partial charge in [0.15, 0.2) is 0 Å².